The number of aryl methyl sites for hydroxylation is 2. The maximum Gasteiger partial charge on any atom is 0.265 e. The van der Waals surface area contributed by atoms with Gasteiger partial charge < -0.3 is 0 Å². The number of aromatic nitrogens is 2. The van der Waals surface area contributed by atoms with Crippen molar-refractivity contribution < 1.29 is 8.42 Å². The molecule has 0 fully saturated rings. The number of anilines is 1. The summed E-state index contributed by atoms with van der Waals surface area (Å²) < 4.78 is 29.7. The van der Waals surface area contributed by atoms with E-state index in [4.69, 9.17) is 11.6 Å². The van der Waals surface area contributed by atoms with Gasteiger partial charge in [0, 0.05) is 11.5 Å². The van der Waals surface area contributed by atoms with Crippen LogP contribution in [0.25, 0.3) is 0 Å². The normalized spacial score (nSPS) is 11.7. The third kappa shape index (κ3) is 2.84. The van der Waals surface area contributed by atoms with Crippen molar-refractivity contribution in [2.45, 2.75) is 18.7 Å². The number of sulfonamides is 1. The Kier molecular flexibility index (Phi) is 4.13. The zero-order valence-electron chi connectivity index (χ0n) is 11.1. The van der Waals surface area contributed by atoms with Crippen molar-refractivity contribution in [1.82, 2.24) is 9.78 Å². The standard InChI is InChI=1S/C12H13BrClN3O2S/c1-7-12(8(2)17(3)15-7)20(18,19)16-11-5-4-9(13)6-10(11)14/h4-6,16H,1-3H3. The van der Waals surface area contributed by atoms with E-state index in [0.717, 1.165) is 4.47 Å². The van der Waals surface area contributed by atoms with Crippen molar-refractivity contribution in [2.24, 2.45) is 7.05 Å². The Morgan fingerprint density at radius 1 is 1.35 bits per heavy atom. The molecule has 1 aromatic carbocycles. The smallest absolute Gasteiger partial charge is 0.265 e. The van der Waals surface area contributed by atoms with Gasteiger partial charge in [0.1, 0.15) is 4.90 Å². The van der Waals surface area contributed by atoms with Gasteiger partial charge in [0.2, 0.25) is 0 Å². The maximum absolute atomic E-state index is 12.5. The van der Waals surface area contributed by atoms with Crippen molar-refractivity contribution in [3.8, 4) is 0 Å². The van der Waals surface area contributed by atoms with E-state index >= 15 is 0 Å². The third-order valence-corrected chi connectivity index (χ3v) is 5.31. The number of hydrogen-bond donors (Lipinski definition) is 1. The average Bonchev–Trinajstić information content (AvgIpc) is 2.57. The number of benzene rings is 1. The van der Waals surface area contributed by atoms with E-state index in [9.17, 15) is 8.42 Å². The van der Waals surface area contributed by atoms with Gasteiger partial charge in [-0.25, -0.2) is 8.42 Å². The molecular formula is C12H13BrClN3O2S. The Bertz CT molecular complexity index is 771. The van der Waals surface area contributed by atoms with E-state index in [1.807, 2.05) is 0 Å². The van der Waals surface area contributed by atoms with Crippen molar-refractivity contribution in [3.63, 3.8) is 0 Å². The highest BCUT2D eigenvalue weighted by molar-refractivity contribution is 9.10. The molecule has 0 unspecified atom stereocenters. The van der Waals surface area contributed by atoms with Crippen LogP contribution in [0.4, 0.5) is 5.69 Å². The number of hydrogen-bond acceptors (Lipinski definition) is 3. The van der Waals surface area contributed by atoms with Crippen LogP contribution in [-0.4, -0.2) is 18.2 Å². The predicted molar refractivity (Wildman–Crippen MR) is 82.6 cm³/mol. The molecule has 0 radical (unpaired) electrons. The molecule has 1 heterocycles. The molecule has 0 spiro atoms. The lowest BCUT2D eigenvalue weighted by molar-refractivity contribution is 0.599. The van der Waals surface area contributed by atoms with Gasteiger partial charge in [-0.3, -0.25) is 9.40 Å². The van der Waals surface area contributed by atoms with Crippen LogP contribution in [0.3, 0.4) is 0 Å². The maximum atomic E-state index is 12.5. The Morgan fingerprint density at radius 2 is 2.00 bits per heavy atom. The summed E-state index contributed by atoms with van der Waals surface area (Å²) in [5.41, 5.74) is 1.35. The van der Waals surface area contributed by atoms with Gasteiger partial charge in [0.25, 0.3) is 10.0 Å². The molecule has 2 rings (SSSR count). The van der Waals surface area contributed by atoms with Gasteiger partial charge in [0.05, 0.1) is 22.1 Å². The summed E-state index contributed by atoms with van der Waals surface area (Å²) in [6.45, 7) is 3.36. The first-order valence-corrected chi connectivity index (χ1v) is 8.36. The molecule has 5 nitrogen and oxygen atoms in total. The minimum Gasteiger partial charge on any atom is -0.278 e. The van der Waals surface area contributed by atoms with Crippen molar-refractivity contribution in [1.29, 1.82) is 0 Å². The molecule has 0 aliphatic heterocycles. The van der Waals surface area contributed by atoms with E-state index in [1.54, 1.807) is 39.1 Å². The molecule has 1 N–H and O–H groups in total. The fourth-order valence-corrected chi connectivity index (χ4v) is 4.21. The number of rotatable bonds is 3. The van der Waals surface area contributed by atoms with Crippen LogP contribution in [0.15, 0.2) is 27.6 Å². The summed E-state index contributed by atoms with van der Waals surface area (Å²) in [7, 11) is -2.02. The molecule has 20 heavy (non-hydrogen) atoms. The minimum absolute atomic E-state index is 0.180. The minimum atomic E-state index is -3.72. The van der Waals surface area contributed by atoms with E-state index in [2.05, 4.69) is 25.8 Å². The number of nitrogens with zero attached hydrogens (tertiary/aromatic N) is 2. The van der Waals surface area contributed by atoms with Crippen molar-refractivity contribution in [3.05, 3.63) is 39.1 Å². The molecule has 108 valence electrons. The Morgan fingerprint density at radius 3 is 2.50 bits per heavy atom. The molecular weight excluding hydrogens is 366 g/mol. The lowest BCUT2D eigenvalue weighted by Crippen LogP contribution is -2.15. The van der Waals surface area contributed by atoms with Crippen LogP contribution >= 0.6 is 27.5 Å². The van der Waals surface area contributed by atoms with Gasteiger partial charge in [-0.15, -0.1) is 0 Å². The first-order chi connectivity index (χ1) is 9.22. The SMILES string of the molecule is Cc1nn(C)c(C)c1S(=O)(=O)Nc1ccc(Br)cc1Cl. The molecule has 0 aliphatic rings. The molecule has 0 atom stereocenters. The summed E-state index contributed by atoms with van der Waals surface area (Å²) in [6, 6.07) is 4.94. The summed E-state index contributed by atoms with van der Waals surface area (Å²) in [6.07, 6.45) is 0. The molecule has 1 aromatic heterocycles. The number of halogens is 2. The second-order valence-electron chi connectivity index (χ2n) is 4.35. The second kappa shape index (κ2) is 5.38. The largest absolute Gasteiger partial charge is 0.278 e. The van der Waals surface area contributed by atoms with Crippen molar-refractivity contribution in [2.75, 3.05) is 4.72 Å². The zero-order valence-corrected chi connectivity index (χ0v) is 14.3. The average molecular weight is 379 g/mol. The lowest BCUT2D eigenvalue weighted by Gasteiger charge is -2.10. The predicted octanol–water partition coefficient (Wildman–Crippen LogP) is 3.25. The topological polar surface area (TPSA) is 64.0 Å². The van der Waals surface area contributed by atoms with E-state index < -0.39 is 10.0 Å². The fourth-order valence-electron chi connectivity index (χ4n) is 1.91. The van der Waals surface area contributed by atoms with Crippen molar-refractivity contribution >= 4 is 43.2 Å². The quantitative estimate of drug-likeness (QED) is 0.891. The monoisotopic (exact) mass is 377 g/mol. The molecule has 0 aliphatic carbocycles. The summed E-state index contributed by atoms with van der Waals surface area (Å²) in [4.78, 5) is 0.180. The molecule has 0 saturated heterocycles. The van der Waals surface area contributed by atoms with E-state index in [1.165, 1.54) is 4.68 Å². The van der Waals surface area contributed by atoms with Gasteiger partial charge in [-0.1, -0.05) is 27.5 Å². The van der Waals surface area contributed by atoms with E-state index in [0.29, 0.717) is 22.1 Å². The summed E-state index contributed by atoms with van der Waals surface area (Å²) in [5, 5.41) is 4.43. The third-order valence-electron chi connectivity index (χ3n) is 2.89. The molecule has 2 aromatic rings. The fraction of sp³-hybridized carbons (Fsp3) is 0.250. The highest BCUT2D eigenvalue weighted by Crippen LogP contribution is 2.29. The van der Waals surface area contributed by atoms with Crippen LogP contribution in [0.2, 0.25) is 5.02 Å². The van der Waals surface area contributed by atoms with Crippen LogP contribution in [0.1, 0.15) is 11.4 Å². The van der Waals surface area contributed by atoms with Crippen LogP contribution in [0, 0.1) is 13.8 Å². The Hall–Kier alpha value is -1.05. The van der Waals surface area contributed by atoms with E-state index in [-0.39, 0.29) is 4.90 Å². The number of nitrogens with one attached hydrogen (secondary N) is 1. The van der Waals surface area contributed by atoms with Crippen LogP contribution in [0.5, 0.6) is 0 Å². The lowest BCUT2D eigenvalue weighted by atomic mass is 10.3. The molecule has 0 saturated carbocycles. The zero-order chi connectivity index (χ0) is 15.1. The Labute approximate surface area is 131 Å². The first kappa shape index (κ1) is 15.3. The van der Waals surface area contributed by atoms with Gasteiger partial charge in [-0.05, 0) is 32.0 Å². The molecule has 0 amide bonds. The van der Waals surface area contributed by atoms with Gasteiger partial charge in [0.15, 0.2) is 0 Å². The molecule has 8 heteroatoms. The highest BCUT2D eigenvalue weighted by atomic mass is 79.9. The summed E-state index contributed by atoms with van der Waals surface area (Å²) >= 11 is 9.30. The highest BCUT2D eigenvalue weighted by Gasteiger charge is 2.24. The summed E-state index contributed by atoms with van der Waals surface area (Å²) in [5.74, 6) is 0. The van der Waals surface area contributed by atoms with Gasteiger partial charge >= 0.3 is 0 Å². The second-order valence-corrected chi connectivity index (χ2v) is 7.30. The van der Waals surface area contributed by atoms with Gasteiger partial charge in [-0.2, -0.15) is 5.10 Å². The molecule has 0 bridgehead atoms. The van der Waals surface area contributed by atoms with Crippen LogP contribution in [-0.2, 0) is 17.1 Å². The Balaban J connectivity index is 2.46. The van der Waals surface area contributed by atoms with Crippen LogP contribution < -0.4 is 4.72 Å². The first-order valence-electron chi connectivity index (χ1n) is 5.70.